The molecule has 1 aromatic rings. The number of esters is 1. The van der Waals surface area contributed by atoms with Crippen molar-refractivity contribution in [3.05, 3.63) is 29.8 Å². The van der Waals surface area contributed by atoms with Gasteiger partial charge < -0.3 is 37.1 Å². The topological polar surface area (TPSA) is 181 Å². The lowest BCUT2D eigenvalue weighted by molar-refractivity contribution is -0.148. The first kappa shape index (κ1) is 35.4. The van der Waals surface area contributed by atoms with Crippen LogP contribution in [0.3, 0.4) is 0 Å². The average molecular weight is 577 g/mol. The number of benzene rings is 1. The van der Waals surface area contributed by atoms with E-state index in [9.17, 15) is 24.0 Å². The van der Waals surface area contributed by atoms with E-state index < -0.39 is 29.9 Å². The standard InChI is InChI=1S/C29H48N6O6/c1-6-31-16-8-7-11-24(36)35-25(19(2)3)27(38)34-23(10-9-17-32-29(30)40)26(37)33-22-14-12-21(13-15-22)18-41-28(39)20(4)5/h12-15,19-20,23,25,31H,6-11,16-18H2,1-5H3,(H,33,37)(H,34,38)(H,35,36)(H3,30,32,40)/t23-,25?/m0/s1. The smallest absolute Gasteiger partial charge is 0.312 e. The second-order valence-corrected chi connectivity index (χ2v) is 10.5. The Bertz CT molecular complexity index is 983. The predicted molar refractivity (Wildman–Crippen MR) is 158 cm³/mol. The molecule has 0 aliphatic carbocycles. The highest BCUT2D eigenvalue weighted by Crippen LogP contribution is 2.13. The normalized spacial score (nSPS) is 12.4. The molecule has 1 unspecified atom stereocenters. The Kier molecular flexibility index (Phi) is 16.7. The highest BCUT2D eigenvalue weighted by atomic mass is 16.5. The molecule has 2 atom stereocenters. The van der Waals surface area contributed by atoms with E-state index >= 15 is 0 Å². The Labute approximate surface area is 243 Å². The number of carbonyl (C=O) groups is 5. The molecule has 0 aliphatic rings. The summed E-state index contributed by atoms with van der Waals surface area (Å²) < 4.78 is 5.23. The third kappa shape index (κ3) is 15.1. The van der Waals surface area contributed by atoms with Gasteiger partial charge in [0.1, 0.15) is 18.7 Å². The number of hydrogen-bond acceptors (Lipinski definition) is 7. The van der Waals surface area contributed by atoms with Crippen molar-refractivity contribution in [2.45, 2.75) is 85.4 Å². The van der Waals surface area contributed by atoms with E-state index in [4.69, 9.17) is 10.5 Å². The third-order valence-corrected chi connectivity index (χ3v) is 6.20. The van der Waals surface area contributed by atoms with Gasteiger partial charge in [0.2, 0.25) is 17.7 Å². The fourth-order valence-electron chi connectivity index (χ4n) is 3.78. The Hall–Kier alpha value is -3.67. The summed E-state index contributed by atoms with van der Waals surface area (Å²) in [4.78, 5) is 61.6. The molecule has 0 saturated heterocycles. The first-order chi connectivity index (χ1) is 19.4. The number of amides is 5. The lowest BCUT2D eigenvalue weighted by Crippen LogP contribution is -2.54. The lowest BCUT2D eigenvalue weighted by Gasteiger charge is -2.25. The van der Waals surface area contributed by atoms with Crippen LogP contribution in [0.15, 0.2) is 24.3 Å². The minimum Gasteiger partial charge on any atom is -0.461 e. The number of primary amides is 1. The molecule has 0 bridgehead atoms. The number of nitrogens with one attached hydrogen (secondary N) is 5. The summed E-state index contributed by atoms with van der Waals surface area (Å²) in [5.74, 6) is -1.87. The Morgan fingerprint density at radius 3 is 2.15 bits per heavy atom. The Morgan fingerprint density at radius 2 is 1.56 bits per heavy atom. The van der Waals surface area contributed by atoms with Crippen LogP contribution in [0.2, 0.25) is 0 Å². The maximum atomic E-state index is 13.2. The first-order valence-corrected chi connectivity index (χ1v) is 14.3. The molecule has 1 aromatic carbocycles. The van der Waals surface area contributed by atoms with Gasteiger partial charge in [-0.1, -0.05) is 46.8 Å². The minimum atomic E-state index is -0.929. The first-order valence-electron chi connectivity index (χ1n) is 14.3. The van der Waals surface area contributed by atoms with Crippen LogP contribution in [0.4, 0.5) is 10.5 Å². The van der Waals surface area contributed by atoms with Crippen molar-refractivity contribution in [3.8, 4) is 0 Å². The van der Waals surface area contributed by atoms with E-state index in [2.05, 4.69) is 26.6 Å². The second kappa shape index (κ2) is 19.4. The number of nitrogens with two attached hydrogens (primary N) is 1. The molecule has 0 fully saturated rings. The summed E-state index contributed by atoms with van der Waals surface area (Å²) >= 11 is 0. The van der Waals surface area contributed by atoms with Crippen LogP contribution in [0, 0.1) is 11.8 Å². The monoisotopic (exact) mass is 576 g/mol. The molecule has 0 aliphatic heterocycles. The maximum Gasteiger partial charge on any atom is 0.312 e. The number of hydrogen-bond donors (Lipinski definition) is 6. The predicted octanol–water partition coefficient (Wildman–Crippen LogP) is 2.18. The van der Waals surface area contributed by atoms with Gasteiger partial charge in [0.25, 0.3) is 0 Å². The number of urea groups is 1. The molecule has 41 heavy (non-hydrogen) atoms. The molecule has 0 heterocycles. The van der Waals surface area contributed by atoms with Crippen LogP contribution in [-0.2, 0) is 30.5 Å². The number of ether oxygens (including phenoxy) is 1. The van der Waals surface area contributed by atoms with Crippen molar-refractivity contribution >= 4 is 35.4 Å². The van der Waals surface area contributed by atoms with Gasteiger partial charge in [-0.05, 0) is 62.4 Å². The Morgan fingerprint density at radius 1 is 0.878 bits per heavy atom. The maximum absolute atomic E-state index is 13.2. The van der Waals surface area contributed by atoms with E-state index in [0.29, 0.717) is 24.9 Å². The zero-order valence-corrected chi connectivity index (χ0v) is 25.0. The molecule has 12 heteroatoms. The van der Waals surface area contributed by atoms with Gasteiger partial charge in [-0.15, -0.1) is 0 Å². The second-order valence-electron chi connectivity index (χ2n) is 10.5. The lowest BCUT2D eigenvalue weighted by atomic mass is 10.0. The highest BCUT2D eigenvalue weighted by Gasteiger charge is 2.28. The van der Waals surface area contributed by atoms with Gasteiger partial charge in [0.15, 0.2) is 0 Å². The van der Waals surface area contributed by atoms with E-state index in [1.54, 1.807) is 38.1 Å². The van der Waals surface area contributed by atoms with Gasteiger partial charge in [-0.2, -0.15) is 0 Å². The van der Waals surface area contributed by atoms with Crippen molar-refractivity contribution in [1.29, 1.82) is 0 Å². The van der Waals surface area contributed by atoms with Gasteiger partial charge >= 0.3 is 12.0 Å². The molecular weight excluding hydrogens is 528 g/mol. The van der Waals surface area contributed by atoms with Gasteiger partial charge in [-0.25, -0.2) is 4.79 Å². The number of carbonyl (C=O) groups excluding carboxylic acids is 5. The number of rotatable bonds is 19. The van der Waals surface area contributed by atoms with Crippen LogP contribution >= 0.6 is 0 Å². The van der Waals surface area contributed by atoms with Crippen LogP contribution in [0.5, 0.6) is 0 Å². The molecule has 0 radical (unpaired) electrons. The van der Waals surface area contributed by atoms with Gasteiger partial charge in [0, 0.05) is 18.7 Å². The van der Waals surface area contributed by atoms with Crippen LogP contribution in [-0.4, -0.2) is 61.4 Å². The molecule has 5 amide bonds. The van der Waals surface area contributed by atoms with Crippen molar-refractivity contribution in [2.24, 2.45) is 17.6 Å². The SMILES string of the molecule is CCNCCCCC(=O)NC(C(=O)N[C@@H](CCCNC(N)=O)C(=O)Nc1ccc(COC(=O)C(C)C)cc1)C(C)C. The summed E-state index contributed by atoms with van der Waals surface area (Å²) in [7, 11) is 0. The molecule has 0 saturated carbocycles. The highest BCUT2D eigenvalue weighted by molar-refractivity contribution is 5.98. The minimum absolute atomic E-state index is 0.120. The van der Waals surface area contributed by atoms with E-state index in [1.807, 2.05) is 20.8 Å². The van der Waals surface area contributed by atoms with E-state index in [-0.39, 0.29) is 43.3 Å². The van der Waals surface area contributed by atoms with Crippen molar-refractivity contribution in [1.82, 2.24) is 21.3 Å². The molecule has 230 valence electrons. The van der Waals surface area contributed by atoms with Gasteiger partial charge in [-0.3, -0.25) is 19.2 Å². The quantitative estimate of drug-likeness (QED) is 0.108. The van der Waals surface area contributed by atoms with E-state index in [0.717, 1.165) is 25.1 Å². The van der Waals surface area contributed by atoms with Crippen LogP contribution < -0.4 is 32.3 Å². The fourth-order valence-corrected chi connectivity index (χ4v) is 3.78. The largest absolute Gasteiger partial charge is 0.461 e. The summed E-state index contributed by atoms with van der Waals surface area (Å²) in [5, 5.41) is 14.1. The van der Waals surface area contributed by atoms with Crippen LogP contribution in [0.1, 0.15) is 72.3 Å². The van der Waals surface area contributed by atoms with Crippen molar-refractivity contribution < 1.29 is 28.7 Å². The molecule has 12 nitrogen and oxygen atoms in total. The zero-order valence-electron chi connectivity index (χ0n) is 25.0. The average Bonchev–Trinajstić information content (AvgIpc) is 2.92. The van der Waals surface area contributed by atoms with E-state index in [1.165, 1.54) is 0 Å². The van der Waals surface area contributed by atoms with Gasteiger partial charge in [0.05, 0.1) is 5.92 Å². The molecule has 1 rings (SSSR count). The molecule has 7 N–H and O–H groups in total. The van der Waals surface area contributed by atoms with Crippen molar-refractivity contribution in [2.75, 3.05) is 25.0 Å². The number of anilines is 1. The fraction of sp³-hybridized carbons (Fsp3) is 0.621. The number of unbranched alkanes of at least 4 members (excludes halogenated alkanes) is 1. The summed E-state index contributed by atoms with van der Waals surface area (Å²) in [6.45, 7) is 11.2. The third-order valence-electron chi connectivity index (χ3n) is 6.20. The molecular formula is C29H48N6O6. The van der Waals surface area contributed by atoms with Crippen LogP contribution in [0.25, 0.3) is 0 Å². The molecule has 0 spiro atoms. The van der Waals surface area contributed by atoms with Crippen molar-refractivity contribution in [3.63, 3.8) is 0 Å². The molecule has 0 aromatic heterocycles. The zero-order chi connectivity index (χ0) is 30.8. The Balaban J connectivity index is 2.84. The summed E-state index contributed by atoms with van der Waals surface area (Å²) in [6.07, 6.45) is 2.46. The summed E-state index contributed by atoms with van der Waals surface area (Å²) in [6, 6.07) is 4.40. The summed E-state index contributed by atoms with van der Waals surface area (Å²) in [5.41, 5.74) is 6.38.